The van der Waals surface area contributed by atoms with Gasteiger partial charge in [-0.1, -0.05) is 24.3 Å². The van der Waals surface area contributed by atoms with Gasteiger partial charge in [0.25, 0.3) is 0 Å². The van der Waals surface area contributed by atoms with Crippen LogP contribution in [-0.4, -0.2) is 22.5 Å². The number of nitrogens with zero attached hydrogens (tertiary/aromatic N) is 2. The first-order chi connectivity index (χ1) is 12.6. The van der Waals surface area contributed by atoms with Gasteiger partial charge in [0.2, 0.25) is 11.8 Å². The molecule has 0 saturated heterocycles. The summed E-state index contributed by atoms with van der Waals surface area (Å²) in [6.07, 6.45) is 1.54. The molecule has 0 bridgehead atoms. The molecule has 0 amide bonds. The second-order valence-electron chi connectivity index (χ2n) is 5.67. The van der Waals surface area contributed by atoms with Crippen LogP contribution >= 0.6 is 0 Å². The van der Waals surface area contributed by atoms with Crippen LogP contribution in [0.1, 0.15) is 23.6 Å². The van der Waals surface area contributed by atoms with Crippen LogP contribution in [-0.2, 0) is 11.3 Å². The van der Waals surface area contributed by atoms with Crippen LogP contribution in [0.15, 0.2) is 47.1 Å². The Morgan fingerprint density at radius 1 is 1.23 bits per heavy atom. The zero-order chi connectivity index (χ0) is 18.5. The van der Waals surface area contributed by atoms with E-state index in [-0.39, 0.29) is 11.8 Å². The maximum absolute atomic E-state index is 8.28. The van der Waals surface area contributed by atoms with Crippen LogP contribution in [0, 0.1) is 12.3 Å². The van der Waals surface area contributed by atoms with Gasteiger partial charge in [-0.15, -0.1) is 0 Å². The summed E-state index contributed by atoms with van der Waals surface area (Å²) < 4.78 is 10.9. The topological polar surface area (TPSA) is 110 Å². The second kappa shape index (κ2) is 7.69. The number of hydrogen-bond donors (Lipinski definition) is 3. The van der Waals surface area contributed by atoms with Gasteiger partial charge in [0.05, 0.1) is 12.9 Å². The lowest BCUT2D eigenvalue weighted by atomic mass is 10.1. The van der Waals surface area contributed by atoms with Crippen molar-refractivity contribution in [3.8, 4) is 11.5 Å². The number of furan rings is 1. The predicted molar refractivity (Wildman–Crippen MR) is 101 cm³/mol. The van der Waals surface area contributed by atoms with E-state index in [1.54, 1.807) is 18.4 Å². The van der Waals surface area contributed by atoms with E-state index in [0.29, 0.717) is 36.0 Å². The molecular weight excluding hydrogens is 330 g/mol. The van der Waals surface area contributed by atoms with Gasteiger partial charge < -0.3 is 20.2 Å². The molecule has 0 spiro atoms. The summed E-state index contributed by atoms with van der Waals surface area (Å²) in [4.78, 5) is 8.55. The average molecular weight is 351 g/mol. The van der Waals surface area contributed by atoms with Gasteiger partial charge in [-0.25, -0.2) is 4.98 Å². The molecule has 0 atom stereocenters. The number of hydrogen-bond acceptors (Lipinski definition) is 7. The smallest absolute Gasteiger partial charge is 0.222 e. The molecule has 0 fully saturated rings. The fraction of sp³-hybridized carbons (Fsp3) is 0.211. The standard InChI is InChI=1S/C19H21N5O2/c1-3-25-17(20)15-16(14-9-6-10-26-14)23-19(21)24-18(15)22-11-13-8-5-4-7-12(13)2/h4-10,20H,3,11H2,1-2H3,(H3,21,22,23,24). The van der Waals surface area contributed by atoms with Crippen LogP contribution in [0.4, 0.5) is 11.8 Å². The summed E-state index contributed by atoms with van der Waals surface area (Å²) in [7, 11) is 0. The highest BCUT2D eigenvalue weighted by molar-refractivity contribution is 6.02. The van der Waals surface area contributed by atoms with Gasteiger partial charge in [-0.3, -0.25) is 5.41 Å². The Morgan fingerprint density at radius 2 is 2.04 bits per heavy atom. The number of aromatic nitrogens is 2. The Balaban J connectivity index is 2.02. The van der Waals surface area contributed by atoms with Crippen LogP contribution < -0.4 is 11.1 Å². The van der Waals surface area contributed by atoms with Gasteiger partial charge in [-0.05, 0) is 37.1 Å². The van der Waals surface area contributed by atoms with Crippen molar-refractivity contribution in [2.45, 2.75) is 20.4 Å². The summed E-state index contributed by atoms with van der Waals surface area (Å²) in [5.74, 6) is 0.992. The van der Waals surface area contributed by atoms with Crippen molar-refractivity contribution in [1.82, 2.24) is 9.97 Å². The number of nitrogens with two attached hydrogens (primary N) is 1. The van der Waals surface area contributed by atoms with Crippen molar-refractivity contribution in [3.05, 3.63) is 59.4 Å². The summed E-state index contributed by atoms with van der Waals surface area (Å²) >= 11 is 0. The fourth-order valence-electron chi connectivity index (χ4n) is 2.62. The maximum atomic E-state index is 8.28. The zero-order valence-corrected chi connectivity index (χ0v) is 14.7. The molecule has 2 heterocycles. The van der Waals surface area contributed by atoms with Gasteiger partial charge >= 0.3 is 0 Å². The van der Waals surface area contributed by atoms with E-state index in [1.165, 1.54) is 0 Å². The molecule has 3 rings (SSSR count). The third-order valence-corrected chi connectivity index (χ3v) is 3.90. The molecule has 2 aromatic heterocycles. The Morgan fingerprint density at radius 3 is 2.73 bits per heavy atom. The number of aryl methyl sites for hydroxylation is 1. The molecule has 7 nitrogen and oxygen atoms in total. The molecule has 134 valence electrons. The molecule has 0 aliphatic carbocycles. The minimum absolute atomic E-state index is 0.0359. The summed E-state index contributed by atoms with van der Waals surface area (Å²) in [6, 6.07) is 11.6. The van der Waals surface area contributed by atoms with Crippen molar-refractivity contribution in [2.75, 3.05) is 17.7 Å². The van der Waals surface area contributed by atoms with Crippen molar-refractivity contribution in [1.29, 1.82) is 5.41 Å². The molecule has 26 heavy (non-hydrogen) atoms. The highest BCUT2D eigenvalue weighted by atomic mass is 16.5. The van der Waals surface area contributed by atoms with Gasteiger partial charge in [0.1, 0.15) is 17.1 Å². The van der Waals surface area contributed by atoms with Crippen LogP contribution in [0.3, 0.4) is 0 Å². The number of ether oxygens (including phenoxy) is 1. The molecule has 0 unspecified atom stereocenters. The first-order valence-corrected chi connectivity index (χ1v) is 8.31. The summed E-state index contributed by atoms with van der Waals surface area (Å²) in [5, 5.41) is 11.5. The molecule has 1 aromatic carbocycles. The van der Waals surface area contributed by atoms with Crippen LogP contribution in [0.5, 0.6) is 0 Å². The molecule has 0 saturated carbocycles. The number of benzene rings is 1. The first kappa shape index (κ1) is 17.5. The number of rotatable bonds is 6. The van der Waals surface area contributed by atoms with E-state index in [4.69, 9.17) is 20.3 Å². The highest BCUT2D eigenvalue weighted by Crippen LogP contribution is 2.29. The molecule has 0 aliphatic heterocycles. The molecule has 0 radical (unpaired) electrons. The minimum Gasteiger partial charge on any atom is -0.478 e. The van der Waals surface area contributed by atoms with E-state index < -0.39 is 0 Å². The van der Waals surface area contributed by atoms with E-state index in [2.05, 4.69) is 15.3 Å². The largest absolute Gasteiger partial charge is 0.478 e. The molecule has 7 heteroatoms. The highest BCUT2D eigenvalue weighted by Gasteiger charge is 2.22. The molecule has 3 aromatic rings. The Bertz CT molecular complexity index is 906. The lowest BCUT2D eigenvalue weighted by Crippen LogP contribution is -2.16. The molecule has 4 N–H and O–H groups in total. The quantitative estimate of drug-likeness (QED) is 0.462. The lowest BCUT2D eigenvalue weighted by molar-refractivity contribution is 0.325. The first-order valence-electron chi connectivity index (χ1n) is 8.31. The summed E-state index contributed by atoms with van der Waals surface area (Å²) in [5.41, 5.74) is 9.02. The maximum Gasteiger partial charge on any atom is 0.222 e. The lowest BCUT2D eigenvalue weighted by Gasteiger charge is -2.16. The SMILES string of the molecule is CCOC(=N)c1c(NCc2ccccc2C)nc(N)nc1-c1ccco1. The van der Waals surface area contributed by atoms with Crippen molar-refractivity contribution >= 4 is 17.7 Å². The Hall–Kier alpha value is -3.35. The zero-order valence-electron chi connectivity index (χ0n) is 14.7. The number of nitrogen functional groups attached to an aromatic ring is 1. The predicted octanol–water partition coefficient (Wildman–Crippen LogP) is 3.60. The minimum atomic E-state index is -0.0359. The average Bonchev–Trinajstić information content (AvgIpc) is 3.15. The number of anilines is 2. The van der Waals surface area contributed by atoms with E-state index >= 15 is 0 Å². The van der Waals surface area contributed by atoms with Crippen molar-refractivity contribution in [2.24, 2.45) is 0 Å². The fourth-order valence-corrected chi connectivity index (χ4v) is 2.62. The van der Waals surface area contributed by atoms with Crippen LogP contribution in [0.2, 0.25) is 0 Å². The second-order valence-corrected chi connectivity index (χ2v) is 5.67. The third-order valence-electron chi connectivity index (χ3n) is 3.90. The van der Waals surface area contributed by atoms with E-state index in [1.807, 2.05) is 38.1 Å². The molecule has 0 aliphatic rings. The normalized spacial score (nSPS) is 10.5. The number of nitrogens with one attached hydrogen (secondary N) is 2. The van der Waals surface area contributed by atoms with E-state index in [0.717, 1.165) is 11.1 Å². The third kappa shape index (κ3) is 3.66. The van der Waals surface area contributed by atoms with Crippen LogP contribution in [0.25, 0.3) is 11.5 Å². The monoisotopic (exact) mass is 351 g/mol. The van der Waals surface area contributed by atoms with Gasteiger partial charge in [0, 0.05) is 6.54 Å². The van der Waals surface area contributed by atoms with Gasteiger partial charge in [-0.2, -0.15) is 4.98 Å². The Kier molecular flexibility index (Phi) is 5.17. The Labute approximate surface area is 151 Å². The van der Waals surface area contributed by atoms with Crippen molar-refractivity contribution in [3.63, 3.8) is 0 Å². The summed E-state index contributed by atoms with van der Waals surface area (Å²) in [6.45, 7) is 4.76. The van der Waals surface area contributed by atoms with Gasteiger partial charge in [0.15, 0.2) is 5.76 Å². The van der Waals surface area contributed by atoms with E-state index in [9.17, 15) is 0 Å². The van der Waals surface area contributed by atoms with Crippen molar-refractivity contribution < 1.29 is 9.15 Å². The molecular formula is C19H21N5O2.